The van der Waals surface area contributed by atoms with Crippen LogP contribution in [-0.4, -0.2) is 28.0 Å². The van der Waals surface area contributed by atoms with Gasteiger partial charge in [-0.2, -0.15) is 0 Å². The van der Waals surface area contributed by atoms with Gasteiger partial charge in [-0.3, -0.25) is 0 Å². The molecule has 0 heterocycles. The summed E-state index contributed by atoms with van der Waals surface area (Å²) in [5.74, 6) is 0.560. The third-order valence-corrected chi connectivity index (χ3v) is 13.0. The topological polar surface area (TPSA) is 30.6 Å². The van der Waals surface area contributed by atoms with Crippen LogP contribution in [-0.2, 0) is 0 Å². The van der Waals surface area contributed by atoms with Gasteiger partial charge in [-0.05, 0) is 0 Å². The van der Waals surface area contributed by atoms with Crippen molar-refractivity contribution in [2.75, 3.05) is 0 Å². The van der Waals surface area contributed by atoms with Crippen LogP contribution in [0.15, 0.2) is 91.0 Å². The van der Waals surface area contributed by atoms with Gasteiger partial charge in [-0.25, -0.2) is 0 Å². The zero-order chi connectivity index (χ0) is 15.2. The maximum atomic E-state index is 10.1. The second-order valence-corrected chi connectivity index (χ2v) is 14.0. The Morgan fingerprint density at radius 2 is 1.05 bits per heavy atom. The van der Waals surface area contributed by atoms with Crippen LogP contribution in [0.4, 0.5) is 0 Å². The fourth-order valence-corrected chi connectivity index (χ4v) is 11.1. The second kappa shape index (κ2) is 7.36. The molecule has 0 spiro atoms. The van der Waals surface area contributed by atoms with Crippen LogP contribution in [0, 0.1) is 0 Å². The van der Waals surface area contributed by atoms with E-state index in [1.54, 1.807) is 12.1 Å². The van der Waals surface area contributed by atoms with E-state index in [9.17, 15) is 4.79 Å². The average molecular weight is 481 g/mol. The molecule has 0 aliphatic carbocycles. The SMILES string of the molecule is [OH+]=c1cccccc1[O][Tl]([c]1ccccc1)[c]1ccccc1. The monoisotopic (exact) mass is 481 g/mol. The van der Waals surface area contributed by atoms with E-state index < -0.39 is 23.2 Å². The van der Waals surface area contributed by atoms with Crippen molar-refractivity contribution >= 4 is 29.4 Å². The van der Waals surface area contributed by atoms with Gasteiger partial charge < -0.3 is 0 Å². The third-order valence-electron chi connectivity index (χ3n) is 3.43. The van der Waals surface area contributed by atoms with E-state index in [0.717, 1.165) is 0 Å². The van der Waals surface area contributed by atoms with Crippen molar-refractivity contribution in [2.45, 2.75) is 0 Å². The predicted molar refractivity (Wildman–Crippen MR) is 90.0 cm³/mol. The molecule has 3 rings (SSSR count). The molecule has 0 aromatic heterocycles. The van der Waals surface area contributed by atoms with Crippen molar-refractivity contribution in [1.29, 1.82) is 0 Å². The van der Waals surface area contributed by atoms with Gasteiger partial charge in [-0.1, -0.05) is 0 Å². The zero-order valence-electron chi connectivity index (χ0n) is 12.1. The molecular formula is C19H16O2Tl+. The Hall–Kier alpha value is -1.95. The fraction of sp³-hybridized carbons (Fsp3) is 0. The Morgan fingerprint density at radius 3 is 1.59 bits per heavy atom. The first-order valence-corrected chi connectivity index (χ1v) is 13.5. The summed E-state index contributed by atoms with van der Waals surface area (Å²) in [5.41, 5.74) is 0.182. The summed E-state index contributed by atoms with van der Waals surface area (Å²) < 4.78 is 8.88. The van der Waals surface area contributed by atoms with Crippen LogP contribution >= 0.6 is 0 Å². The molecule has 0 radical (unpaired) electrons. The number of benzene rings is 2. The summed E-state index contributed by atoms with van der Waals surface area (Å²) in [4.78, 5) is 10.1. The first-order valence-electron chi connectivity index (χ1n) is 7.22. The summed E-state index contributed by atoms with van der Waals surface area (Å²) in [6.07, 6.45) is 0. The van der Waals surface area contributed by atoms with Crippen LogP contribution in [0.2, 0.25) is 0 Å². The number of rotatable bonds is 4. The molecule has 3 aromatic rings. The summed E-state index contributed by atoms with van der Waals surface area (Å²) >= 11 is -2.88. The molecule has 0 saturated heterocycles. The molecule has 0 aliphatic rings. The summed E-state index contributed by atoms with van der Waals surface area (Å²) in [6, 6.07) is 29.7. The van der Waals surface area contributed by atoms with Gasteiger partial charge in [-0.15, -0.1) is 0 Å². The first kappa shape index (κ1) is 15.0. The Morgan fingerprint density at radius 1 is 0.591 bits per heavy atom. The molecule has 0 amide bonds. The molecule has 3 heteroatoms. The van der Waals surface area contributed by atoms with E-state index in [2.05, 4.69) is 24.3 Å². The van der Waals surface area contributed by atoms with Crippen molar-refractivity contribution in [1.82, 2.24) is 0 Å². The second-order valence-electron chi connectivity index (χ2n) is 4.98. The molecule has 0 saturated carbocycles. The Kier molecular flexibility index (Phi) is 5.00. The molecule has 0 aliphatic heterocycles. The normalized spacial score (nSPS) is 10.0. The molecule has 1 N–H and O–H groups in total. The summed E-state index contributed by atoms with van der Waals surface area (Å²) in [7, 11) is 0. The van der Waals surface area contributed by atoms with Crippen molar-refractivity contribution in [3.8, 4) is 5.75 Å². The van der Waals surface area contributed by atoms with Crippen molar-refractivity contribution in [3.63, 3.8) is 0 Å². The van der Waals surface area contributed by atoms with Gasteiger partial charge in [0.25, 0.3) is 0 Å². The van der Waals surface area contributed by atoms with Gasteiger partial charge in [0.15, 0.2) is 0 Å². The van der Waals surface area contributed by atoms with Crippen LogP contribution < -0.4 is 14.4 Å². The molecule has 22 heavy (non-hydrogen) atoms. The Bertz CT molecular complexity index is 749. The van der Waals surface area contributed by atoms with Crippen LogP contribution in [0.25, 0.3) is 0 Å². The van der Waals surface area contributed by atoms with E-state index in [4.69, 9.17) is 2.69 Å². The maximum absolute atomic E-state index is 10.1. The van der Waals surface area contributed by atoms with E-state index in [-0.39, 0.29) is 5.43 Å². The minimum atomic E-state index is -2.88. The van der Waals surface area contributed by atoms with Gasteiger partial charge in [0.2, 0.25) is 0 Å². The minimum absolute atomic E-state index is 0.182. The quantitative estimate of drug-likeness (QED) is 0.414. The number of hydrogen-bond donors (Lipinski definition) is 0. The van der Waals surface area contributed by atoms with Gasteiger partial charge in [0.1, 0.15) is 0 Å². The molecule has 0 bridgehead atoms. The molecule has 2 nitrogen and oxygen atoms in total. The molecule has 0 fully saturated rings. The zero-order valence-corrected chi connectivity index (χ0v) is 16.6. The molecule has 0 unspecified atom stereocenters. The Labute approximate surface area is 138 Å². The van der Waals surface area contributed by atoms with E-state index in [1.807, 2.05) is 54.6 Å². The summed E-state index contributed by atoms with van der Waals surface area (Å²) in [6.45, 7) is 0. The average Bonchev–Trinajstić information content (AvgIpc) is 2.78. The van der Waals surface area contributed by atoms with Crippen molar-refractivity contribution < 1.29 is 7.48 Å². The van der Waals surface area contributed by atoms with Crippen molar-refractivity contribution in [2.24, 2.45) is 0 Å². The standard InChI is InChI=1S/C7H6O2.2C6H5.Tl/c8-6-4-2-1-3-5-7(6)9;2*1-2-4-6-5-3-1;/h1-5H,(H,8,9);2*1-5H;/q;;;+1. The fourth-order valence-electron chi connectivity index (χ4n) is 2.33. The predicted octanol–water partition coefficient (Wildman–Crippen LogP) is 1.88. The van der Waals surface area contributed by atoms with Crippen molar-refractivity contribution in [3.05, 3.63) is 96.4 Å². The van der Waals surface area contributed by atoms with E-state index in [1.165, 1.54) is 6.25 Å². The summed E-state index contributed by atoms with van der Waals surface area (Å²) in [5, 5.41) is 0. The van der Waals surface area contributed by atoms with E-state index >= 15 is 0 Å². The van der Waals surface area contributed by atoms with Gasteiger partial charge in [0.05, 0.1) is 0 Å². The third kappa shape index (κ3) is 3.63. The molecule has 0 atom stereocenters. The molecular weight excluding hydrogens is 465 g/mol. The van der Waals surface area contributed by atoms with Crippen LogP contribution in [0.1, 0.15) is 0 Å². The van der Waals surface area contributed by atoms with Crippen LogP contribution in [0.5, 0.6) is 5.75 Å². The Balaban J connectivity index is 2.04. The van der Waals surface area contributed by atoms with E-state index in [0.29, 0.717) is 5.75 Å². The number of hydrogen-bond acceptors (Lipinski definition) is 1. The van der Waals surface area contributed by atoms with Gasteiger partial charge >= 0.3 is 139 Å². The van der Waals surface area contributed by atoms with Crippen LogP contribution in [0.3, 0.4) is 0 Å². The van der Waals surface area contributed by atoms with Gasteiger partial charge in [0, 0.05) is 0 Å². The molecule has 3 aromatic carbocycles. The first-order chi connectivity index (χ1) is 10.8. The molecule has 106 valence electrons.